The van der Waals surface area contributed by atoms with Crippen LogP contribution in [0, 0.1) is 0 Å². The predicted octanol–water partition coefficient (Wildman–Crippen LogP) is 3.95. The number of phenols is 1. The summed E-state index contributed by atoms with van der Waals surface area (Å²) in [6, 6.07) is 15.1. The van der Waals surface area contributed by atoms with E-state index in [9.17, 15) is 5.11 Å². The molecule has 114 valence electrons. The van der Waals surface area contributed by atoms with Crippen LogP contribution in [0.3, 0.4) is 0 Å². The van der Waals surface area contributed by atoms with E-state index in [1.54, 1.807) is 13.2 Å². The number of fused-ring (bicyclic) bond motifs is 1. The number of phenolic OH excluding ortho intramolecular Hbond substituents is 1. The van der Waals surface area contributed by atoms with Crippen LogP contribution < -0.4 is 9.47 Å². The summed E-state index contributed by atoms with van der Waals surface area (Å²) in [4.78, 5) is 0. The smallest absolute Gasteiger partial charge is 0.128 e. The maximum Gasteiger partial charge on any atom is 0.128 e. The highest BCUT2D eigenvalue weighted by atomic mass is 16.5. The van der Waals surface area contributed by atoms with Crippen molar-refractivity contribution < 1.29 is 14.6 Å². The fraction of sp³-hybridized carbons (Fsp3) is 0.222. The molecule has 0 aliphatic rings. The number of aryl methyl sites for hydroxylation is 1. The first-order chi connectivity index (χ1) is 10.7. The van der Waals surface area contributed by atoms with Gasteiger partial charge in [-0.3, -0.25) is 0 Å². The molecule has 1 aromatic heterocycles. The summed E-state index contributed by atoms with van der Waals surface area (Å²) in [6.07, 6.45) is 0. The van der Waals surface area contributed by atoms with Crippen molar-refractivity contribution in [1.29, 1.82) is 0 Å². The summed E-state index contributed by atoms with van der Waals surface area (Å²) < 4.78 is 13.2. The molecular weight excluding hydrogens is 278 g/mol. The molecule has 4 heteroatoms. The average molecular weight is 297 g/mol. The van der Waals surface area contributed by atoms with E-state index in [1.165, 1.54) is 0 Å². The standard InChI is InChI=1S/C18H19NO3/c1-3-19-13(10-16-17(19)8-5-9-18(16)20)12-22-15-7-4-6-14(11-15)21-2/h4-11,20H,3,12H2,1-2H3. The Morgan fingerprint density at radius 2 is 1.82 bits per heavy atom. The van der Waals surface area contributed by atoms with Crippen LogP contribution in [0.5, 0.6) is 17.2 Å². The van der Waals surface area contributed by atoms with Gasteiger partial charge in [0.1, 0.15) is 23.9 Å². The zero-order chi connectivity index (χ0) is 15.5. The Hall–Kier alpha value is -2.62. The Kier molecular flexibility index (Phi) is 3.92. The molecule has 0 saturated carbocycles. The van der Waals surface area contributed by atoms with Gasteiger partial charge in [-0.25, -0.2) is 0 Å². The van der Waals surface area contributed by atoms with E-state index < -0.39 is 0 Å². The quantitative estimate of drug-likeness (QED) is 0.775. The van der Waals surface area contributed by atoms with Crippen molar-refractivity contribution in [3.63, 3.8) is 0 Å². The minimum atomic E-state index is 0.298. The fourth-order valence-electron chi connectivity index (χ4n) is 2.66. The zero-order valence-corrected chi connectivity index (χ0v) is 12.7. The summed E-state index contributed by atoms with van der Waals surface area (Å²) in [5.41, 5.74) is 2.05. The van der Waals surface area contributed by atoms with Crippen molar-refractivity contribution >= 4 is 10.9 Å². The molecule has 4 nitrogen and oxygen atoms in total. The normalized spacial score (nSPS) is 10.8. The molecule has 0 aliphatic heterocycles. The Balaban J connectivity index is 1.88. The molecule has 0 amide bonds. The van der Waals surface area contributed by atoms with Gasteiger partial charge in [-0.1, -0.05) is 12.1 Å². The van der Waals surface area contributed by atoms with Crippen molar-refractivity contribution in [2.75, 3.05) is 7.11 Å². The Bertz CT molecular complexity index is 792. The molecule has 1 N–H and O–H groups in total. The number of ether oxygens (including phenoxy) is 2. The summed E-state index contributed by atoms with van der Waals surface area (Å²) in [5.74, 6) is 1.83. The first-order valence-electron chi connectivity index (χ1n) is 7.30. The molecule has 0 fully saturated rings. The summed E-state index contributed by atoms with van der Waals surface area (Å²) in [6.45, 7) is 3.34. The van der Waals surface area contributed by atoms with Gasteiger partial charge in [-0.05, 0) is 37.3 Å². The van der Waals surface area contributed by atoms with Gasteiger partial charge in [0.15, 0.2) is 0 Å². The number of hydrogen-bond acceptors (Lipinski definition) is 3. The molecular formula is C18H19NO3. The van der Waals surface area contributed by atoms with E-state index >= 15 is 0 Å². The number of benzene rings is 2. The van der Waals surface area contributed by atoms with Gasteiger partial charge in [0.05, 0.1) is 18.3 Å². The maximum atomic E-state index is 9.99. The lowest BCUT2D eigenvalue weighted by atomic mass is 10.2. The highest BCUT2D eigenvalue weighted by Crippen LogP contribution is 2.29. The first kappa shape index (κ1) is 14.3. The molecule has 0 radical (unpaired) electrons. The van der Waals surface area contributed by atoms with Crippen LogP contribution in [-0.4, -0.2) is 16.8 Å². The fourth-order valence-corrected chi connectivity index (χ4v) is 2.66. The van der Waals surface area contributed by atoms with Gasteiger partial charge in [0, 0.05) is 18.0 Å². The van der Waals surface area contributed by atoms with Crippen LogP contribution in [-0.2, 0) is 13.2 Å². The molecule has 0 aliphatic carbocycles. The number of aromatic nitrogens is 1. The van der Waals surface area contributed by atoms with Crippen LogP contribution in [0.4, 0.5) is 0 Å². The van der Waals surface area contributed by atoms with E-state index in [0.29, 0.717) is 12.4 Å². The van der Waals surface area contributed by atoms with Gasteiger partial charge in [-0.2, -0.15) is 0 Å². The molecule has 0 bridgehead atoms. The van der Waals surface area contributed by atoms with Gasteiger partial charge in [0.25, 0.3) is 0 Å². The minimum Gasteiger partial charge on any atom is -0.507 e. The van der Waals surface area contributed by atoms with E-state index in [4.69, 9.17) is 9.47 Å². The monoisotopic (exact) mass is 297 g/mol. The highest BCUT2D eigenvalue weighted by molar-refractivity contribution is 5.87. The first-order valence-corrected chi connectivity index (χ1v) is 7.30. The molecule has 1 heterocycles. The number of aromatic hydroxyl groups is 1. The Morgan fingerprint density at radius 3 is 2.59 bits per heavy atom. The summed E-state index contributed by atoms with van der Waals surface area (Å²) in [5, 5.41) is 10.8. The van der Waals surface area contributed by atoms with Crippen LogP contribution in [0.2, 0.25) is 0 Å². The zero-order valence-electron chi connectivity index (χ0n) is 12.7. The van der Waals surface area contributed by atoms with E-state index in [0.717, 1.165) is 34.6 Å². The van der Waals surface area contributed by atoms with Crippen LogP contribution in [0.15, 0.2) is 48.5 Å². The molecule has 2 aromatic carbocycles. The molecule has 0 unspecified atom stereocenters. The SMILES string of the molecule is CCn1c(COc2cccc(OC)c2)cc2c(O)cccc21. The van der Waals surface area contributed by atoms with Crippen molar-refractivity contribution in [1.82, 2.24) is 4.57 Å². The van der Waals surface area contributed by atoms with Gasteiger partial charge in [0.2, 0.25) is 0 Å². The molecule has 3 rings (SSSR count). The Labute approximate surface area is 129 Å². The van der Waals surface area contributed by atoms with E-state index in [2.05, 4.69) is 11.5 Å². The number of nitrogens with zero attached hydrogens (tertiary/aromatic N) is 1. The van der Waals surface area contributed by atoms with Crippen molar-refractivity contribution in [3.05, 3.63) is 54.2 Å². The lowest BCUT2D eigenvalue weighted by molar-refractivity contribution is 0.294. The van der Waals surface area contributed by atoms with Gasteiger partial charge < -0.3 is 19.1 Å². The average Bonchev–Trinajstić information content (AvgIpc) is 2.92. The Morgan fingerprint density at radius 1 is 1.05 bits per heavy atom. The molecule has 3 aromatic rings. The third-order valence-corrected chi connectivity index (χ3v) is 3.75. The van der Waals surface area contributed by atoms with E-state index in [1.807, 2.05) is 42.5 Å². The van der Waals surface area contributed by atoms with Crippen LogP contribution in [0.1, 0.15) is 12.6 Å². The predicted molar refractivity (Wildman–Crippen MR) is 86.6 cm³/mol. The minimum absolute atomic E-state index is 0.298. The summed E-state index contributed by atoms with van der Waals surface area (Å²) >= 11 is 0. The molecule has 0 saturated heterocycles. The van der Waals surface area contributed by atoms with Crippen molar-refractivity contribution in [3.8, 4) is 17.2 Å². The second kappa shape index (κ2) is 6.02. The third kappa shape index (κ3) is 2.60. The molecule has 22 heavy (non-hydrogen) atoms. The lowest BCUT2D eigenvalue weighted by Crippen LogP contribution is -2.04. The molecule has 0 atom stereocenters. The number of rotatable bonds is 5. The molecule has 0 spiro atoms. The van der Waals surface area contributed by atoms with E-state index in [-0.39, 0.29) is 0 Å². The maximum absolute atomic E-state index is 9.99. The second-order valence-corrected chi connectivity index (χ2v) is 5.06. The second-order valence-electron chi connectivity index (χ2n) is 5.06. The van der Waals surface area contributed by atoms with Crippen molar-refractivity contribution in [2.24, 2.45) is 0 Å². The highest BCUT2D eigenvalue weighted by Gasteiger charge is 2.11. The summed E-state index contributed by atoms with van der Waals surface area (Å²) in [7, 11) is 1.64. The van der Waals surface area contributed by atoms with Crippen LogP contribution in [0.25, 0.3) is 10.9 Å². The van der Waals surface area contributed by atoms with Gasteiger partial charge >= 0.3 is 0 Å². The van der Waals surface area contributed by atoms with Crippen molar-refractivity contribution in [2.45, 2.75) is 20.1 Å². The number of hydrogen-bond donors (Lipinski definition) is 1. The number of methoxy groups -OCH3 is 1. The topological polar surface area (TPSA) is 43.6 Å². The largest absolute Gasteiger partial charge is 0.507 e. The lowest BCUT2D eigenvalue weighted by Gasteiger charge is -2.10. The third-order valence-electron chi connectivity index (χ3n) is 3.75. The van der Waals surface area contributed by atoms with Crippen LogP contribution >= 0.6 is 0 Å². The van der Waals surface area contributed by atoms with Gasteiger partial charge in [-0.15, -0.1) is 0 Å².